The van der Waals surface area contributed by atoms with Crippen molar-refractivity contribution >= 4 is 0 Å². The van der Waals surface area contributed by atoms with Crippen LogP contribution >= 0.6 is 0 Å². The van der Waals surface area contributed by atoms with E-state index in [0.29, 0.717) is 0 Å². The summed E-state index contributed by atoms with van der Waals surface area (Å²) in [6, 6.07) is 0. The number of hydrogen-bond acceptors (Lipinski definition) is 2. The van der Waals surface area contributed by atoms with E-state index >= 15 is 0 Å². The molecule has 0 saturated heterocycles. The second-order valence-corrected chi connectivity index (χ2v) is 5.39. The van der Waals surface area contributed by atoms with Gasteiger partial charge in [0.25, 0.3) is 0 Å². The predicted octanol–water partition coefficient (Wildman–Crippen LogP) is 1.95. The first-order chi connectivity index (χ1) is 6.79. The van der Waals surface area contributed by atoms with Gasteiger partial charge in [0, 0.05) is 5.41 Å². The SMILES string of the molecule is C[C@H](O)C#C[C@@]1(O)[C@@H](C)CCCC1(C)C. The van der Waals surface area contributed by atoms with E-state index in [0.717, 1.165) is 19.3 Å². The monoisotopic (exact) mass is 210 g/mol. The van der Waals surface area contributed by atoms with E-state index in [2.05, 4.69) is 25.7 Å². The van der Waals surface area contributed by atoms with Gasteiger partial charge in [-0.2, -0.15) is 0 Å². The maximum atomic E-state index is 10.6. The van der Waals surface area contributed by atoms with Crippen molar-refractivity contribution in [3.8, 4) is 11.8 Å². The first kappa shape index (κ1) is 12.5. The molecule has 0 aromatic rings. The molecule has 1 fully saturated rings. The average molecular weight is 210 g/mol. The van der Waals surface area contributed by atoms with Gasteiger partial charge in [0.2, 0.25) is 0 Å². The third-order valence-corrected chi connectivity index (χ3v) is 3.66. The molecule has 0 unspecified atom stereocenters. The van der Waals surface area contributed by atoms with E-state index in [1.165, 1.54) is 0 Å². The van der Waals surface area contributed by atoms with Crippen LogP contribution in [0.5, 0.6) is 0 Å². The number of hydrogen-bond donors (Lipinski definition) is 2. The van der Waals surface area contributed by atoms with Gasteiger partial charge in [-0.25, -0.2) is 0 Å². The largest absolute Gasteiger partial charge is 0.381 e. The van der Waals surface area contributed by atoms with E-state index in [1.807, 2.05) is 6.92 Å². The zero-order valence-corrected chi connectivity index (χ0v) is 10.2. The summed E-state index contributed by atoms with van der Waals surface area (Å²) in [4.78, 5) is 0. The van der Waals surface area contributed by atoms with Crippen LogP contribution in [0.4, 0.5) is 0 Å². The zero-order chi connectivity index (χ0) is 11.7. The van der Waals surface area contributed by atoms with Crippen LogP contribution in [0.3, 0.4) is 0 Å². The lowest BCUT2D eigenvalue weighted by Crippen LogP contribution is -2.51. The Morgan fingerprint density at radius 3 is 2.47 bits per heavy atom. The molecule has 2 heteroatoms. The first-order valence-electron chi connectivity index (χ1n) is 5.73. The normalized spacial score (nSPS) is 36.5. The fourth-order valence-electron chi connectivity index (χ4n) is 2.42. The lowest BCUT2D eigenvalue weighted by atomic mass is 9.61. The first-order valence-corrected chi connectivity index (χ1v) is 5.73. The van der Waals surface area contributed by atoms with Gasteiger partial charge in [-0.05, 0) is 25.7 Å². The van der Waals surface area contributed by atoms with Gasteiger partial charge in [0.15, 0.2) is 0 Å². The van der Waals surface area contributed by atoms with Crippen LogP contribution in [-0.4, -0.2) is 21.9 Å². The highest BCUT2D eigenvalue weighted by Crippen LogP contribution is 2.46. The molecule has 0 spiro atoms. The summed E-state index contributed by atoms with van der Waals surface area (Å²) in [5, 5.41) is 19.8. The summed E-state index contributed by atoms with van der Waals surface area (Å²) in [5.41, 5.74) is -1.14. The lowest BCUT2D eigenvalue weighted by molar-refractivity contribution is -0.0862. The molecule has 0 amide bonds. The molecule has 1 rings (SSSR count). The van der Waals surface area contributed by atoms with Crippen molar-refractivity contribution < 1.29 is 10.2 Å². The second kappa shape index (κ2) is 4.15. The quantitative estimate of drug-likeness (QED) is 0.600. The number of rotatable bonds is 0. The van der Waals surface area contributed by atoms with E-state index < -0.39 is 11.7 Å². The Kier molecular flexibility index (Phi) is 3.48. The summed E-state index contributed by atoms with van der Waals surface area (Å²) in [6.07, 6.45) is 2.47. The molecule has 0 aromatic carbocycles. The van der Waals surface area contributed by atoms with Crippen molar-refractivity contribution in [3.63, 3.8) is 0 Å². The Morgan fingerprint density at radius 2 is 2.00 bits per heavy atom. The highest BCUT2D eigenvalue weighted by Gasteiger charge is 2.48. The summed E-state index contributed by atoms with van der Waals surface area (Å²) >= 11 is 0. The minimum Gasteiger partial charge on any atom is -0.381 e. The van der Waals surface area contributed by atoms with E-state index in [1.54, 1.807) is 6.92 Å². The van der Waals surface area contributed by atoms with Crippen molar-refractivity contribution in [1.82, 2.24) is 0 Å². The highest BCUT2D eigenvalue weighted by atomic mass is 16.3. The molecule has 2 N–H and O–H groups in total. The molecular formula is C13H22O2. The van der Waals surface area contributed by atoms with Crippen LogP contribution in [-0.2, 0) is 0 Å². The van der Waals surface area contributed by atoms with Crippen LogP contribution in [0.1, 0.15) is 47.0 Å². The predicted molar refractivity (Wildman–Crippen MR) is 61.2 cm³/mol. The lowest BCUT2D eigenvalue weighted by Gasteiger charge is -2.47. The van der Waals surface area contributed by atoms with Crippen molar-refractivity contribution in [2.24, 2.45) is 11.3 Å². The summed E-state index contributed by atoms with van der Waals surface area (Å²) in [6.45, 7) is 7.77. The van der Waals surface area contributed by atoms with Crippen LogP contribution in [0.25, 0.3) is 0 Å². The molecule has 0 radical (unpaired) electrons. The zero-order valence-electron chi connectivity index (χ0n) is 10.2. The topological polar surface area (TPSA) is 40.5 Å². The van der Waals surface area contributed by atoms with Crippen molar-refractivity contribution in [3.05, 3.63) is 0 Å². The molecule has 0 aliphatic heterocycles. The Morgan fingerprint density at radius 1 is 1.40 bits per heavy atom. The van der Waals surface area contributed by atoms with Crippen molar-refractivity contribution in [2.75, 3.05) is 0 Å². The van der Waals surface area contributed by atoms with Crippen LogP contribution < -0.4 is 0 Å². The molecule has 86 valence electrons. The molecule has 0 heterocycles. The molecule has 2 nitrogen and oxygen atoms in total. The van der Waals surface area contributed by atoms with Gasteiger partial charge in [0.05, 0.1) is 0 Å². The maximum absolute atomic E-state index is 10.6. The molecule has 3 atom stereocenters. The second-order valence-electron chi connectivity index (χ2n) is 5.39. The minimum atomic E-state index is -0.956. The summed E-state index contributed by atoms with van der Waals surface area (Å²) < 4.78 is 0. The van der Waals surface area contributed by atoms with E-state index in [-0.39, 0.29) is 11.3 Å². The molecule has 15 heavy (non-hydrogen) atoms. The third-order valence-electron chi connectivity index (χ3n) is 3.66. The summed E-state index contributed by atoms with van der Waals surface area (Å²) in [7, 11) is 0. The third kappa shape index (κ3) is 2.35. The van der Waals surface area contributed by atoms with Crippen LogP contribution in [0.15, 0.2) is 0 Å². The van der Waals surface area contributed by atoms with Crippen LogP contribution in [0, 0.1) is 23.2 Å². The van der Waals surface area contributed by atoms with Gasteiger partial charge in [0.1, 0.15) is 11.7 Å². The smallest absolute Gasteiger partial charge is 0.133 e. The fourth-order valence-corrected chi connectivity index (χ4v) is 2.42. The molecule has 1 aliphatic carbocycles. The Hall–Kier alpha value is -0.520. The maximum Gasteiger partial charge on any atom is 0.133 e. The highest BCUT2D eigenvalue weighted by molar-refractivity contribution is 5.23. The molecule has 1 aliphatic rings. The van der Waals surface area contributed by atoms with Gasteiger partial charge in [-0.15, -0.1) is 0 Å². The summed E-state index contributed by atoms with van der Waals surface area (Å²) in [5.74, 6) is 5.76. The molecule has 0 aromatic heterocycles. The molecular weight excluding hydrogens is 188 g/mol. The molecule has 1 saturated carbocycles. The standard InChI is InChI=1S/C13H22O2/c1-10-6-5-8-12(3,4)13(10,15)9-7-11(2)14/h10-11,14-15H,5-6,8H2,1-4H3/t10-,11-,13+/m0/s1. The Balaban J connectivity index is 3.00. The number of aliphatic hydroxyl groups excluding tert-OH is 1. The fraction of sp³-hybridized carbons (Fsp3) is 0.846. The average Bonchev–Trinajstić information content (AvgIpc) is 2.11. The van der Waals surface area contributed by atoms with Crippen molar-refractivity contribution in [2.45, 2.75) is 58.7 Å². The minimum absolute atomic E-state index is 0.174. The Bertz CT molecular complexity index is 283. The molecule has 0 bridgehead atoms. The van der Waals surface area contributed by atoms with Gasteiger partial charge < -0.3 is 10.2 Å². The number of aliphatic hydroxyl groups is 2. The van der Waals surface area contributed by atoms with E-state index in [9.17, 15) is 5.11 Å². The van der Waals surface area contributed by atoms with Crippen LogP contribution in [0.2, 0.25) is 0 Å². The Labute approximate surface area is 92.7 Å². The van der Waals surface area contributed by atoms with E-state index in [4.69, 9.17) is 5.11 Å². The van der Waals surface area contributed by atoms with Gasteiger partial charge >= 0.3 is 0 Å². The van der Waals surface area contributed by atoms with Gasteiger partial charge in [-0.3, -0.25) is 0 Å². The van der Waals surface area contributed by atoms with Gasteiger partial charge in [-0.1, -0.05) is 39.0 Å². The van der Waals surface area contributed by atoms with Crippen molar-refractivity contribution in [1.29, 1.82) is 0 Å².